The predicted octanol–water partition coefficient (Wildman–Crippen LogP) is 3.05. The second-order valence-corrected chi connectivity index (χ2v) is 6.79. The number of aryl methyl sites for hydroxylation is 1. The summed E-state index contributed by atoms with van der Waals surface area (Å²) in [6, 6.07) is 12.3. The van der Waals surface area contributed by atoms with Crippen LogP contribution < -0.4 is 4.74 Å². The zero-order valence-electron chi connectivity index (χ0n) is 12.6. The maximum atomic E-state index is 12.5. The zero-order valence-corrected chi connectivity index (χ0v) is 13.5. The van der Waals surface area contributed by atoms with Gasteiger partial charge < -0.3 is 9.84 Å². The molecule has 0 saturated carbocycles. The normalized spacial score (nSPS) is 11.8. The summed E-state index contributed by atoms with van der Waals surface area (Å²) >= 11 is 0. The first-order valence-corrected chi connectivity index (χ1v) is 8.17. The van der Waals surface area contributed by atoms with Gasteiger partial charge in [0, 0.05) is 0 Å². The van der Waals surface area contributed by atoms with Crippen LogP contribution in [0.5, 0.6) is 11.5 Å². The number of allylic oxidation sites excluding steroid dienone is 1. The Kier molecular flexibility index (Phi) is 4.72. The molecule has 2 aromatic carbocycles. The number of sulfone groups is 1. The van der Waals surface area contributed by atoms with Crippen molar-refractivity contribution in [3.05, 3.63) is 58.5 Å². The highest BCUT2D eigenvalue weighted by molar-refractivity contribution is 7.95. The molecule has 0 spiro atoms. The largest absolute Gasteiger partial charge is 0.504 e. The van der Waals surface area contributed by atoms with Crippen LogP contribution >= 0.6 is 0 Å². The smallest absolute Gasteiger partial charge is 0.216 e. The molecular weight excluding hydrogens is 314 g/mol. The minimum atomic E-state index is -3.90. The van der Waals surface area contributed by atoms with E-state index in [1.807, 2.05) is 6.92 Å². The molecule has 0 fully saturated rings. The van der Waals surface area contributed by atoms with E-state index >= 15 is 0 Å². The van der Waals surface area contributed by atoms with Crippen molar-refractivity contribution in [2.75, 3.05) is 7.11 Å². The first-order valence-electron chi connectivity index (χ1n) is 6.69. The lowest BCUT2D eigenvalue weighted by atomic mass is 10.2. The fourth-order valence-corrected chi connectivity index (χ4v) is 3.11. The fourth-order valence-electron chi connectivity index (χ4n) is 1.95. The average Bonchev–Trinajstić information content (AvgIpc) is 2.54. The van der Waals surface area contributed by atoms with Crippen molar-refractivity contribution in [2.24, 2.45) is 0 Å². The Morgan fingerprint density at radius 3 is 2.43 bits per heavy atom. The molecule has 2 rings (SSSR count). The molecule has 1 N–H and O–H groups in total. The Bertz CT molecular complexity index is 891. The van der Waals surface area contributed by atoms with Gasteiger partial charge in [-0.3, -0.25) is 0 Å². The molecule has 118 valence electrons. The molecule has 23 heavy (non-hydrogen) atoms. The van der Waals surface area contributed by atoms with E-state index in [2.05, 4.69) is 0 Å². The van der Waals surface area contributed by atoms with Gasteiger partial charge in [-0.25, -0.2) is 8.42 Å². The van der Waals surface area contributed by atoms with Gasteiger partial charge in [0.25, 0.3) is 0 Å². The van der Waals surface area contributed by atoms with Crippen molar-refractivity contribution in [2.45, 2.75) is 11.8 Å². The minimum Gasteiger partial charge on any atom is -0.504 e. The summed E-state index contributed by atoms with van der Waals surface area (Å²) in [7, 11) is -2.51. The second-order valence-electron chi connectivity index (χ2n) is 4.87. The van der Waals surface area contributed by atoms with Crippen LogP contribution in [0, 0.1) is 18.3 Å². The summed E-state index contributed by atoms with van der Waals surface area (Å²) in [5.41, 5.74) is 1.36. The summed E-state index contributed by atoms with van der Waals surface area (Å²) < 4.78 is 30.0. The van der Waals surface area contributed by atoms with Gasteiger partial charge in [0.05, 0.1) is 12.0 Å². The molecule has 0 aliphatic carbocycles. The number of hydrogen-bond acceptors (Lipinski definition) is 5. The molecule has 0 aliphatic heterocycles. The molecular formula is C17H15NO4S. The maximum absolute atomic E-state index is 12.5. The lowest BCUT2D eigenvalue weighted by Gasteiger charge is -2.06. The Hall–Kier alpha value is -2.78. The number of ether oxygens (including phenoxy) is 1. The molecule has 0 unspecified atom stereocenters. The molecule has 0 saturated heterocycles. The van der Waals surface area contributed by atoms with Crippen LogP contribution in [0.15, 0.2) is 52.3 Å². The molecule has 0 aromatic heterocycles. The van der Waals surface area contributed by atoms with Crippen LogP contribution in [0.25, 0.3) is 6.08 Å². The van der Waals surface area contributed by atoms with Crippen LogP contribution in [0.1, 0.15) is 11.1 Å². The summed E-state index contributed by atoms with van der Waals surface area (Å²) in [6.45, 7) is 1.85. The lowest BCUT2D eigenvalue weighted by Crippen LogP contribution is -2.03. The number of nitrogens with zero attached hydrogens (tertiary/aromatic N) is 1. The number of rotatable bonds is 4. The summed E-state index contributed by atoms with van der Waals surface area (Å²) in [5, 5.41) is 18.8. The molecule has 0 bridgehead atoms. The van der Waals surface area contributed by atoms with E-state index in [0.29, 0.717) is 5.56 Å². The van der Waals surface area contributed by atoms with Gasteiger partial charge in [-0.05, 0) is 42.8 Å². The molecule has 0 atom stereocenters. The van der Waals surface area contributed by atoms with Crippen LogP contribution in [0.2, 0.25) is 0 Å². The summed E-state index contributed by atoms with van der Waals surface area (Å²) in [5.74, 6) is 0.133. The van der Waals surface area contributed by atoms with Gasteiger partial charge in [-0.15, -0.1) is 0 Å². The van der Waals surface area contributed by atoms with Gasteiger partial charge in [0.15, 0.2) is 11.5 Å². The number of phenolic OH excluding ortho intramolecular Hbond substituents is 1. The van der Waals surface area contributed by atoms with E-state index in [-0.39, 0.29) is 21.3 Å². The van der Waals surface area contributed by atoms with Crippen LogP contribution in [0.3, 0.4) is 0 Å². The number of hydrogen-bond donors (Lipinski definition) is 1. The molecule has 2 aromatic rings. The molecule has 6 heteroatoms. The lowest BCUT2D eigenvalue weighted by molar-refractivity contribution is 0.373. The standard InChI is InChI=1S/C17H15NO4S/c1-12-3-6-14(7-4-12)23(20,21)15(11-18)9-13-5-8-16(19)17(10-13)22-2/h3-10,19H,1-2H3. The van der Waals surface area contributed by atoms with Crippen LogP contribution in [-0.4, -0.2) is 20.6 Å². The first-order chi connectivity index (χ1) is 10.9. The Morgan fingerprint density at radius 1 is 1.22 bits per heavy atom. The third kappa shape index (κ3) is 3.52. The van der Waals surface area contributed by atoms with E-state index in [4.69, 9.17) is 4.74 Å². The third-order valence-corrected chi connectivity index (χ3v) is 4.91. The van der Waals surface area contributed by atoms with Crippen molar-refractivity contribution in [3.63, 3.8) is 0 Å². The van der Waals surface area contributed by atoms with Gasteiger partial charge in [-0.2, -0.15) is 5.26 Å². The highest BCUT2D eigenvalue weighted by Crippen LogP contribution is 2.28. The van der Waals surface area contributed by atoms with E-state index in [1.54, 1.807) is 18.2 Å². The maximum Gasteiger partial charge on any atom is 0.216 e. The van der Waals surface area contributed by atoms with Gasteiger partial charge >= 0.3 is 0 Å². The van der Waals surface area contributed by atoms with Crippen molar-refractivity contribution in [3.8, 4) is 17.6 Å². The minimum absolute atomic E-state index is 0.0571. The molecule has 5 nitrogen and oxygen atoms in total. The van der Waals surface area contributed by atoms with E-state index < -0.39 is 9.84 Å². The average molecular weight is 329 g/mol. The predicted molar refractivity (Wildman–Crippen MR) is 86.6 cm³/mol. The van der Waals surface area contributed by atoms with Crippen LogP contribution in [-0.2, 0) is 9.84 Å². The van der Waals surface area contributed by atoms with Gasteiger partial charge in [-0.1, -0.05) is 23.8 Å². The van der Waals surface area contributed by atoms with Crippen molar-refractivity contribution in [1.29, 1.82) is 5.26 Å². The molecule has 0 aliphatic rings. The topological polar surface area (TPSA) is 87.4 Å². The Balaban J connectivity index is 2.50. The first kappa shape index (κ1) is 16.6. The molecule has 0 amide bonds. The third-order valence-electron chi connectivity index (χ3n) is 3.23. The number of nitriles is 1. The fraction of sp³-hybridized carbons (Fsp3) is 0.118. The summed E-state index contributed by atoms with van der Waals surface area (Å²) in [4.78, 5) is -0.323. The van der Waals surface area contributed by atoms with E-state index in [0.717, 1.165) is 5.56 Å². The van der Waals surface area contributed by atoms with Crippen LogP contribution in [0.4, 0.5) is 0 Å². The van der Waals surface area contributed by atoms with Gasteiger partial charge in [0.1, 0.15) is 11.0 Å². The van der Waals surface area contributed by atoms with E-state index in [1.165, 1.54) is 43.5 Å². The SMILES string of the molecule is COc1cc(C=C(C#N)S(=O)(=O)c2ccc(C)cc2)ccc1O. The highest BCUT2D eigenvalue weighted by atomic mass is 32.2. The second kappa shape index (κ2) is 6.55. The highest BCUT2D eigenvalue weighted by Gasteiger charge is 2.20. The van der Waals surface area contributed by atoms with Crippen molar-refractivity contribution < 1.29 is 18.3 Å². The number of benzene rings is 2. The zero-order chi connectivity index (χ0) is 17.0. The van der Waals surface area contributed by atoms with E-state index in [9.17, 15) is 18.8 Å². The number of phenols is 1. The Labute approximate surface area is 135 Å². The Morgan fingerprint density at radius 2 is 1.87 bits per heavy atom. The number of aromatic hydroxyl groups is 1. The summed E-state index contributed by atoms with van der Waals surface area (Å²) in [6.07, 6.45) is 1.25. The van der Waals surface area contributed by atoms with Gasteiger partial charge in [0.2, 0.25) is 9.84 Å². The monoisotopic (exact) mass is 329 g/mol. The van der Waals surface area contributed by atoms with Crippen molar-refractivity contribution in [1.82, 2.24) is 0 Å². The quantitative estimate of drug-likeness (QED) is 0.871. The van der Waals surface area contributed by atoms with Crippen molar-refractivity contribution >= 4 is 15.9 Å². The molecule has 0 radical (unpaired) electrons. The molecule has 0 heterocycles. The number of methoxy groups -OCH3 is 1.